The minimum Gasteiger partial charge on any atom is -0.454 e. The summed E-state index contributed by atoms with van der Waals surface area (Å²) >= 11 is 2.42. The van der Waals surface area contributed by atoms with Crippen molar-refractivity contribution in [3.63, 3.8) is 0 Å². The van der Waals surface area contributed by atoms with Crippen LogP contribution in [-0.2, 0) is 12.3 Å². The van der Waals surface area contributed by atoms with Gasteiger partial charge in [0.1, 0.15) is 22.6 Å². The lowest BCUT2D eigenvalue weighted by Crippen LogP contribution is -2.32. The van der Waals surface area contributed by atoms with E-state index in [9.17, 15) is 14.0 Å². The minimum absolute atomic E-state index is 0.0428. The normalized spacial score (nSPS) is 12.2. The highest BCUT2D eigenvalue weighted by molar-refractivity contribution is 8.00. The molecule has 1 aliphatic rings. The lowest BCUT2D eigenvalue weighted by molar-refractivity contribution is 0.102. The maximum absolute atomic E-state index is 14.0. The van der Waals surface area contributed by atoms with Crippen LogP contribution in [0.1, 0.15) is 21.5 Å². The first-order valence-corrected chi connectivity index (χ1v) is 14.7. The van der Waals surface area contributed by atoms with Gasteiger partial charge in [0.2, 0.25) is 11.9 Å². The van der Waals surface area contributed by atoms with E-state index in [0.717, 1.165) is 16.9 Å². The first-order chi connectivity index (χ1) is 20.9. The number of anilines is 1. The number of thioether (sulfide) groups is 1. The second kappa shape index (κ2) is 11.0. The zero-order valence-electron chi connectivity index (χ0n) is 22.1. The van der Waals surface area contributed by atoms with Crippen molar-refractivity contribution in [1.29, 1.82) is 5.41 Å². The van der Waals surface area contributed by atoms with Gasteiger partial charge in [0.15, 0.2) is 15.8 Å². The van der Waals surface area contributed by atoms with E-state index in [4.69, 9.17) is 14.9 Å². The number of pyridine rings is 2. The van der Waals surface area contributed by atoms with E-state index in [2.05, 4.69) is 20.5 Å². The van der Waals surface area contributed by atoms with Crippen LogP contribution in [0.25, 0.3) is 16.7 Å². The molecule has 6 aromatic rings. The van der Waals surface area contributed by atoms with Crippen molar-refractivity contribution in [2.75, 3.05) is 12.1 Å². The van der Waals surface area contributed by atoms with E-state index >= 15 is 0 Å². The molecule has 0 fully saturated rings. The molecule has 11 nitrogen and oxygen atoms in total. The number of halogens is 1. The molecule has 0 saturated heterocycles. The van der Waals surface area contributed by atoms with E-state index in [1.807, 2.05) is 6.07 Å². The molecule has 4 aromatic heterocycles. The zero-order valence-corrected chi connectivity index (χ0v) is 23.7. The molecule has 1 amide bonds. The van der Waals surface area contributed by atoms with Crippen LogP contribution < -0.4 is 25.8 Å². The number of fused-ring (bicyclic) bond motifs is 3. The van der Waals surface area contributed by atoms with Gasteiger partial charge in [0.25, 0.3) is 11.5 Å². The molecule has 0 spiro atoms. The molecule has 0 radical (unpaired) electrons. The molecule has 43 heavy (non-hydrogen) atoms. The van der Waals surface area contributed by atoms with Crippen LogP contribution in [0.15, 0.2) is 82.1 Å². The third kappa shape index (κ3) is 5.10. The molecule has 0 bridgehead atoms. The molecule has 0 unspecified atom stereocenters. The fourth-order valence-electron chi connectivity index (χ4n) is 4.67. The average molecular weight is 614 g/mol. The summed E-state index contributed by atoms with van der Waals surface area (Å²) in [6.45, 7) is 0.256. The molecular weight excluding hydrogens is 593 g/mol. The van der Waals surface area contributed by atoms with Crippen LogP contribution >= 0.6 is 23.1 Å². The molecule has 0 saturated carbocycles. The number of hydrogen-bond donors (Lipinski definition) is 2. The Morgan fingerprint density at radius 3 is 2.79 bits per heavy atom. The van der Waals surface area contributed by atoms with Gasteiger partial charge in [-0.05, 0) is 47.5 Å². The SMILES string of the molecule is N=c1c(C(=O)Nc2nnc(SCc3ccccc3F)s2)cc2c(=O)n3ccccc3nc2n1Cc1ccc2c(c1)OCO2. The van der Waals surface area contributed by atoms with Gasteiger partial charge in [-0.2, -0.15) is 0 Å². The number of nitrogens with one attached hydrogen (secondary N) is 2. The Hall–Kier alpha value is -5.08. The minimum atomic E-state index is -0.634. The summed E-state index contributed by atoms with van der Waals surface area (Å²) in [5, 5.41) is 20.2. The van der Waals surface area contributed by atoms with Gasteiger partial charge in [0.05, 0.1) is 17.5 Å². The molecule has 14 heteroatoms. The molecule has 2 aromatic carbocycles. The third-order valence-electron chi connectivity index (χ3n) is 6.78. The summed E-state index contributed by atoms with van der Waals surface area (Å²) < 4.78 is 28.4. The molecule has 7 rings (SSSR count). The van der Waals surface area contributed by atoms with Crippen LogP contribution in [0, 0.1) is 11.2 Å². The highest BCUT2D eigenvalue weighted by Gasteiger charge is 2.20. The fourth-order valence-corrected chi connectivity index (χ4v) is 6.41. The van der Waals surface area contributed by atoms with Crippen LogP contribution in [0.4, 0.5) is 9.52 Å². The number of nitrogens with zero attached hydrogens (tertiary/aromatic N) is 5. The molecular formula is C29H20FN7O4S2. The number of carbonyl (C=O) groups is 1. The van der Waals surface area contributed by atoms with E-state index in [-0.39, 0.29) is 51.9 Å². The van der Waals surface area contributed by atoms with Crippen LogP contribution in [-0.4, -0.2) is 36.8 Å². The van der Waals surface area contributed by atoms with Crippen molar-refractivity contribution in [1.82, 2.24) is 24.1 Å². The largest absolute Gasteiger partial charge is 0.454 e. The Kier molecular flexibility index (Phi) is 6.83. The van der Waals surface area contributed by atoms with E-state index in [1.165, 1.54) is 32.9 Å². The predicted molar refractivity (Wildman–Crippen MR) is 158 cm³/mol. The Morgan fingerprint density at radius 1 is 1.07 bits per heavy atom. The standard InChI is InChI=1S/C29H20FN7O4S2/c30-20-6-2-1-5-17(20)14-42-29-35-34-28(43-29)33-26(38)18-12-19-25(32-23-7-3-4-10-36(23)27(19)39)37(24(18)31)13-16-8-9-21-22(11-16)41-15-40-21/h1-12,31H,13-15H2,(H,33,34,38). The number of rotatable bonds is 7. The monoisotopic (exact) mass is 613 g/mol. The summed E-state index contributed by atoms with van der Waals surface area (Å²) in [7, 11) is 0. The number of carbonyl (C=O) groups excluding carboxylic acids is 1. The number of ether oxygens (including phenoxy) is 2. The Balaban J connectivity index is 1.24. The second-order valence-corrected chi connectivity index (χ2v) is 11.7. The lowest BCUT2D eigenvalue weighted by atomic mass is 10.1. The summed E-state index contributed by atoms with van der Waals surface area (Å²) in [6.07, 6.45) is 1.60. The quantitative estimate of drug-likeness (QED) is 0.153. The van der Waals surface area contributed by atoms with Crippen LogP contribution in [0.2, 0.25) is 0 Å². The highest BCUT2D eigenvalue weighted by atomic mass is 32.2. The van der Waals surface area contributed by atoms with Crippen LogP contribution in [0.5, 0.6) is 11.5 Å². The molecule has 5 heterocycles. The number of amides is 1. The van der Waals surface area contributed by atoms with Gasteiger partial charge < -0.3 is 14.0 Å². The fraction of sp³-hybridized carbons (Fsp3) is 0.103. The maximum atomic E-state index is 14.0. The van der Waals surface area contributed by atoms with Crippen molar-refractivity contribution in [3.8, 4) is 11.5 Å². The van der Waals surface area contributed by atoms with Crippen molar-refractivity contribution >= 4 is 50.8 Å². The van der Waals surface area contributed by atoms with Crippen molar-refractivity contribution < 1.29 is 18.7 Å². The lowest BCUT2D eigenvalue weighted by Gasteiger charge is -2.15. The Morgan fingerprint density at radius 2 is 1.91 bits per heavy atom. The van der Waals surface area contributed by atoms with Crippen molar-refractivity contribution in [2.45, 2.75) is 16.6 Å². The van der Waals surface area contributed by atoms with Crippen LogP contribution in [0.3, 0.4) is 0 Å². The first-order valence-electron chi connectivity index (χ1n) is 12.9. The van der Waals surface area contributed by atoms with Crippen molar-refractivity contribution in [2.24, 2.45) is 0 Å². The number of aromatic nitrogens is 5. The molecule has 1 aliphatic heterocycles. The number of benzene rings is 2. The van der Waals surface area contributed by atoms with E-state index in [0.29, 0.717) is 32.8 Å². The summed E-state index contributed by atoms with van der Waals surface area (Å²) in [5.41, 5.74) is 1.40. The molecule has 214 valence electrons. The van der Waals surface area contributed by atoms with Gasteiger partial charge in [-0.3, -0.25) is 24.7 Å². The highest BCUT2D eigenvalue weighted by Crippen LogP contribution is 2.33. The molecule has 0 atom stereocenters. The second-order valence-electron chi connectivity index (χ2n) is 9.47. The van der Waals surface area contributed by atoms with E-state index < -0.39 is 5.91 Å². The van der Waals surface area contributed by atoms with Gasteiger partial charge in [-0.25, -0.2) is 9.37 Å². The zero-order chi connectivity index (χ0) is 29.5. The summed E-state index contributed by atoms with van der Waals surface area (Å²) in [5.74, 6) is 0.594. The van der Waals surface area contributed by atoms with E-state index in [1.54, 1.807) is 54.7 Å². The molecule has 0 aliphatic carbocycles. The topological polar surface area (TPSA) is 136 Å². The molecule has 2 N–H and O–H groups in total. The predicted octanol–water partition coefficient (Wildman–Crippen LogP) is 4.44. The Labute approximate surface area is 250 Å². The van der Waals surface area contributed by atoms with Crippen molar-refractivity contribution in [3.05, 3.63) is 111 Å². The summed E-state index contributed by atoms with van der Waals surface area (Å²) in [4.78, 5) is 31.7. The van der Waals surface area contributed by atoms with Gasteiger partial charge in [-0.1, -0.05) is 53.4 Å². The number of hydrogen-bond acceptors (Lipinski definition) is 10. The summed E-state index contributed by atoms with van der Waals surface area (Å²) in [6, 6.07) is 18.4. The van der Waals surface area contributed by atoms with Gasteiger partial charge in [0, 0.05) is 11.9 Å². The maximum Gasteiger partial charge on any atom is 0.267 e. The average Bonchev–Trinajstić information content (AvgIpc) is 3.67. The Bertz CT molecular complexity index is 2180. The smallest absolute Gasteiger partial charge is 0.267 e. The first kappa shape index (κ1) is 26.8. The van der Waals surface area contributed by atoms with Gasteiger partial charge >= 0.3 is 0 Å². The third-order valence-corrected chi connectivity index (χ3v) is 8.80. The van der Waals surface area contributed by atoms with Gasteiger partial charge in [-0.15, -0.1) is 10.2 Å².